The van der Waals surface area contributed by atoms with Crippen LogP contribution in [0.25, 0.3) is 0 Å². The summed E-state index contributed by atoms with van der Waals surface area (Å²) in [5.41, 5.74) is 3.98. The number of aromatic nitrogens is 2. The van der Waals surface area contributed by atoms with E-state index in [0.29, 0.717) is 23.8 Å². The number of carbonyl (C=O) groups is 4. The van der Waals surface area contributed by atoms with Crippen LogP contribution in [0.1, 0.15) is 114 Å². The zero-order valence-corrected chi connectivity index (χ0v) is 22.5. The maximum Gasteiger partial charge on any atom is 0.262 e. The first kappa shape index (κ1) is 25.4. The van der Waals surface area contributed by atoms with E-state index in [-0.39, 0.29) is 36.0 Å². The quantitative estimate of drug-likeness (QED) is 0.455. The molecule has 1 aromatic heterocycles. The summed E-state index contributed by atoms with van der Waals surface area (Å²) in [5, 5.41) is 20.9. The molecule has 0 bridgehead atoms. The van der Waals surface area contributed by atoms with Crippen LogP contribution < -0.4 is 10.6 Å². The molecule has 3 atom stereocenters. The summed E-state index contributed by atoms with van der Waals surface area (Å²) in [6, 6.07) is 4.56. The van der Waals surface area contributed by atoms with E-state index in [2.05, 4.69) is 21.5 Å². The molecule has 4 fully saturated rings. The maximum atomic E-state index is 13.1. The first-order chi connectivity index (χ1) is 19.4. The fourth-order valence-electron chi connectivity index (χ4n) is 6.97. The monoisotopic (exact) mass is 545 g/mol. The van der Waals surface area contributed by atoms with Gasteiger partial charge in [0.25, 0.3) is 11.8 Å². The molecular formula is C30H35N5O5. The van der Waals surface area contributed by atoms with Gasteiger partial charge < -0.3 is 10.4 Å². The Hall–Kier alpha value is -3.53. The van der Waals surface area contributed by atoms with Crippen LogP contribution in [0.3, 0.4) is 0 Å². The van der Waals surface area contributed by atoms with E-state index in [4.69, 9.17) is 5.10 Å². The molecule has 3 aliphatic carbocycles. The van der Waals surface area contributed by atoms with Gasteiger partial charge in [0, 0.05) is 30.8 Å². The van der Waals surface area contributed by atoms with Gasteiger partial charge in [0.15, 0.2) is 0 Å². The number of aliphatic hydroxyl groups excluding tert-OH is 1. The second kappa shape index (κ2) is 9.83. The third kappa shape index (κ3) is 4.52. The zero-order chi connectivity index (χ0) is 27.5. The second-order valence-electron chi connectivity index (χ2n) is 12.3. The number of hydrogen-bond acceptors (Lipinski definition) is 7. The van der Waals surface area contributed by atoms with Crippen molar-refractivity contribution < 1.29 is 24.3 Å². The highest BCUT2D eigenvalue weighted by molar-refractivity contribution is 6.23. The second-order valence-corrected chi connectivity index (χ2v) is 12.3. The standard InChI is InChI=1S/C30H35N5O5/c36-21-3-1-2-18(12-21)24-15-34(33-27(24)17-4-5-17)20-10-16(11-20)14-31-19-6-7-22-23(13-19)30(40)35(29(22)39)25-8-9-26(37)32-28(25)38/h6-7,13,15-18,20-21,25,31,36H,1-5,8-12,14H2,(H,32,37,38)/t16-,18?,20-,21?,25?. The average molecular weight is 546 g/mol. The van der Waals surface area contributed by atoms with Crippen molar-refractivity contribution >= 4 is 29.3 Å². The Morgan fingerprint density at radius 1 is 0.950 bits per heavy atom. The van der Waals surface area contributed by atoms with E-state index in [1.54, 1.807) is 18.2 Å². The van der Waals surface area contributed by atoms with Crippen LogP contribution in [0, 0.1) is 5.92 Å². The summed E-state index contributed by atoms with van der Waals surface area (Å²) in [6.45, 7) is 0.757. The minimum atomic E-state index is -0.958. The molecule has 10 nitrogen and oxygen atoms in total. The Kier molecular flexibility index (Phi) is 6.25. The highest BCUT2D eigenvalue weighted by atomic mass is 16.3. The normalized spacial score (nSPS) is 30.2. The molecule has 2 aromatic rings. The predicted molar refractivity (Wildman–Crippen MR) is 145 cm³/mol. The van der Waals surface area contributed by atoms with Gasteiger partial charge in [-0.1, -0.05) is 6.42 Å². The summed E-state index contributed by atoms with van der Waals surface area (Å²) in [7, 11) is 0. The third-order valence-electron chi connectivity index (χ3n) is 9.46. The van der Waals surface area contributed by atoms with E-state index >= 15 is 0 Å². The maximum absolute atomic E-state index is 13.1. The SMILES string of the molecule is O=C1CCC(N2C(=O)c3ccc(NC[C@H]4C[C@H](n5cc(C6CCCC(O)C6)c(C6CC6)n5)C4)cc3C2=O)C(=O)N1. The Morgan fingerprint density at radius 2 is 1.75 bits per heavy atom. The minimum Gasteiger partial charge on any atom is -0.393 e. The van der Waals surface area contributed by atoms with Crippen LogP contribution in [0.2, 0.25) is 0 Å². The molecule has 7 rings (SSSR count). The van der Waals surface area contributed by atoms with E-state index in [0.717, 1.165) is 55.7 Å². The number of carbonyl (C=O) groups excluding carboxylic acids is 4. The van der Waals surface area contributed by atoms with E-state index in [9.17, 15) is 24.3 Å². The van der Waals surface area contributed by atoms with Crippen molar-refractivity contribution in [3.8, 4) is 0 Å². The Balaban J connectivity index is 0.970. The molecule has 5 aliphatic rings. The molecule has 3 heterocycles. The average Bonchev–Trinajstić information content (AvgIpc) is 3.62. The van der Waals surface area contributed by atoms with E-state index < -0.39 is 23.8 Å². The van der Waals surface area contributed by atoms with Gasteiger partial charge in [-0.15, -0.1) is 0 Å². The van der Waals surface area contributed by atoms with Crippen molar-refractivity contribution in [2.24, 2.45) is 5.92 Å². The van der Waals surface area contributed by atoms with Gasteiger partial charge >= 0.3 is 0 Å². The number of rotatable bonds is 7. The molecule has 3 unspecified atom stereocenters. The lowest BCUT2D eigenvalue weighted by molar-refractivity contribution is -0.136. The molecular weight excluding hydrogens is 510 g/mol. The number of hydrogen-bond donors (Lipinski definition) is 3. The summed E-state index contributed by atoms with van der Waals surface area (Å²) >= 11 is 0. The van der Waals surface area contributed by atoms with Gasteiger partial charge in [0.1, 0.15) is 6.04 Å². The van der Waals surface area contributed by atoms with Gasteiger partial charge in [0.05, 0.1) is 29.0 Å². The molecule has 10 heteroatoms. The summed E-state index contributed by atoms with van der Waals surface area (Å²) in [6.07, 6.45) is 10.8. The number of fused-ring (bicyclic) bond motifs is 1. The molecule has 0 spiro atoms. The predicted octanol–water partition coefficient (Wildman–Crippen LogP) is 3.24. The Morgan fingerprint density at radius 3 is 2.50 bits per heavy atom. The fraction of sp³-hybridized carbons (Fsp3) is 0.567. The van der Waals surface area contributed by atoms with E-state index in [1.165, 1.54) is 24.1 Å². The lowest BCUT2D eigenvalue weighted by atomic mass is 9.80. The summed E-state index contributed by atoms with van der Waals surface area (Å²) in [5.74, 6) is -0.484. The zero-order valence-electron chi connectivity index (χ0n) is 22.5. The molecule has 210 valence electrons. The van der Waals surface area contributed by atoms with E-state index in [1.807, 2.05) is 0 Å². The molecule has 3 saturated carbocycles. The minimum absolute atomic E-state index is 0.102. The number of amides is 4. The van der Waals surface area contributed by atoms with Crippen LogP contribution in [0.4, 0.5) is 5.69 Å². The number of anilines is 1. The lowest BCUT2D eigenvalue weighted by Crippen LogP contribution is -2.54. The van der Waals surface area contributed by atoms with Crippen LogP contribution in [0.15, 0.2) is 24.4 Å². The smallest absolute Gasteiger partial charge is 0.262 e. The van der Waals surface area contributed by atoms with Crippen molar-refractivity contribution in [2.45, 2.75) is 94.2 Å². The first-order valence-electron chi connectivity index (χ1n) is 14.7. The largest absolute Gasteiger partial charge is 0.393 e. The number of aliphatic hydroxyl groups is 1. The lowest BCUT2D eigenvalue weighted by Gasteiger charge is -2.35. The van der Waals surface area contributed by atoms with Crippen LogP contribution in [-0.4, -0.2) is 62.1 Å². The Bertz CT molecular complexity index is 1390. The molecule has 1 saturated heterocycles. The van der Waals surface area contributed by atoms with Gasteiger partial charge in [-0.2, -0.15) is 5.10 Å². The van der Waals surface area contributed by atoms with Crippen molar-refractivity contribution in [1.29, 1.82) is 0 Å². The Labute approximate surface area is 232 Å². The third-order valence-corrected chi connectivity index (χ3v) is 9.46. The van der Waals surface area contributed by atoms with Crippen molar-refractivity contribution in [3.63, 3.8) is 0 Å². The van der Waals surface area contributed by atoms with Crippen molar-refractivity contribution in [3.05, 3.63) is 46.8 Å². The van der Waals surface area contributed by atoms with Gasteiger partial charge in [-0.25, -0.2) is 0 Å². The molecule has 2 aliphatic heterocycles. The highest BCUT2D eigenvalue weighted by Crippen LogP contribution is 2.47. The number of imide groups is 2. The highest BCUT2D eigenvalue weighted by Gasteiger charge is 2.45. The van der Waals surface area contributed by atoms with Crippen LogP contribution >= 0.6 is 0 Å². The van der Waals surface area contributed by atoms with Gasteiger partial charge in [-0.3, -0.25) is 34.1 Å². The van der Waals surface area contributed by atoms with Crippen molar-refractivity contribution in [1.82, 2.24) is 20.0 Å². The number of benzene rings is 1. The molecule has 1 aromatic carbocycles. The van der Waals surface area contributed by atoms with Crippen molar-refractivity contribution in [2.75, 3.05) is 11.9 Å². The van der Waals surface area contributed by atoms with Gasteiger partial charge in [0.2, 0.25) is 11.8 Å². The molecule has 40 heavy (non-hydrogen) atoms. The number of nitrogens with one attached hydrogen (secondary N) is 2. The number of nitrogens with zero attached hydrogens (tertiary/aromatic N) is 3. The van der Waals surface area contributed by atoms with Crippen LogP contribution in [-0.2, 0) is 9.59 Å². The molecule has 3 N–H and O–H groups in total. The molecule has 4 amide bonds. The first-order valence-corrected chi connectivity index (χ1v) is 14.7. The molecule has 0 radical (unpaired) electrons. The van der Waals surface area contributed by atoms with Crippen LogP contribution in [0.5, 0.6) is 0 Å². The number of piperidine rings is 1. The summed E-state index contributed by atoms with van der Waals surface area (Å²) < 4.78 is 2.18. The topological polar surface area (TPSA) is 134 Å². The van der Waals surface area contributed by atoms with Gasteiger partial charge in [-0.05, 0) is 87.0 Å². The summed E-state index contributed by atoms with van der Waals surface area (Å²) in [4.78, 5) is 50.8. The fourth-order valence-corrected chi connectivity index (χ4v) is 6.97.